The van der Waals surface area contributed by atoms with Gasteiger partial charge in [0.1, 0.15) is 16.2 Å². The molecule has 1 aliphatic heterocycles. The minimum absolute atomic E-state index is 0.00518. The topological polar surface area (TPSA) is 77.0 Å². The molecule has 0 spiro atoms. The first-order valence-electron chi connectivity index (χ1n) is 9.77. The van der Waals surface area contributed by atoms with Crippen molar-refractivity contribution in [2.75, 3.05) is 18.5 Å². The van der Waals surface area contributed by atoms with E-state index in [0.717, 1.165) is 41.3 Å². The summed E-state index contributed by atoms with van der Waals surface area (Å²) in [5, 5.41) is 4.02. The fourth-order valence-electron chi connectivity index (χ4n) is 3.50. The predicted molar refractivity (Wildman–Crippen MR) is 111 cm³/mol. The molecule has 3 aromatic rings. The van der Waals surface area contributed by atoms with Gasteiger partial charge in [-0.15, -0.1) is 11.3 Å². The highest BCUT2D eigenvalue weighted by molar-refractivity contribution is 7.18. The zero-order valence-corrected chi connectivity index (χ0v) is 17.3. The average Bonchev–Trinajstić information content (AvgIpc) is 3.34. The van der Waals surface area contributed by atoms with Gasteiger partial charge in [-0.3, -0.25) is 4.79 Å². The number of hydrogen-bond acceptors (Lipinski definition) is 7. The summed E-state index contributed by atoms with van der Waals surface area (Å²) in [7, 11) is 0. The first-order valence-corrected chi connectivity index (χ1v) is 10.6. The van der Waals surface area contributed by atoms with E-state index in [9.17, 15) is 9.18 Å². The molecule has 0 bridgehead atoms. The van der Waals surface area contributed by atoms with Crippen molar-refractivity contribution in [2.45, 2.75) is 39.2 Å². The van der Waals surface area contributed by atoms with Crippen LogP contribution in [0.5, 0.6) is 0 Å². The average molecular weight is 415 g/mol. The third-order valence-electron chi connectivity index (χ3n) is 5.12. The lowest BCUT2D eigenvalue weighted by atomic mass is 10.00. The summed E-state index contributed by atoms with van der Waals surface area (Å²) in [5.41, 5.74) is 1.70. The molecule has 152 valence electrons. The van der Waals surface area contributed by atoms with E-state index in [0.29, 0.717) is 29.6 Å². The number of ketones is 1. The summed E-state index contributed by atoms with van der Waals surface area (Å²) < 4.78 is 19.7. The largest absolute Gasteiger partial charge is 0.381 e. The number of Topliss-reactive ketones (excluding diaryl/α,β-unsaturated/α-hetero) is 1. The molecule has 1 saturated heterocycles. The number of aryl methyl sites for hydroxylation is 1. The molecule has 1 fully saturated rings. The SMILES string of the molecule is Cc1nc2nc(N[C@@H](C)c3cccc(F)c3)nc(C(=O)CC[C@@H]3CCOC3)c2s1. The second kappa shape index (κ2) is 8.51. The quantitative estimate of drug-likeness (QED) is 0.565. The van der Waals surface area contributed by atoms with Gasteiger partial charge in [-0.2, -0.15) is 4.98 Å². The lowest BCUT2D eigenvalue weighted by Crippen LogP contribution is -2.13. The maximum absolute atomic E-state index is 13.5. The second-order valence-electron chi connectivity index (χ2n) is 7.39. The van der Waals surface area contributed by atoms with Gasteiger partial charge in [0.05, 0.1) is 11.0 Å². The van der Waals surface area contributed by atoms with Crippen LogP contribution in [0.1, 0.15) is 53.3 Å². The molecule has 3 heterocycles. The molecule has 6 nitrogen and oxygen atoms in total. The van der Waals surface area contributed by atoms with Gasteiger partial charge in [0.15, 0.2) is 11.4 Å². The van der Waals surface area contributed by atoms with Crippen molar-refractivity contribution in [3.05, 3.63) is 46.3 Å². The molecule has 0 amide bonds. The number of nitrogens with one attached hydrogen (secondary N) is 1. The van der Waals surface area contributed by atoms with Crippen LogP contribution in [-0.4, -0.2) is 33.9 Å². The Hall–Kier alpha value is -2.45. The zero-order valence-electron chi connectivity index (χ0n) is 16.4. The molecule has 2 aromatic heterocycles. The molecule has 1 aliphatic rings. The number of carbonyl (C=O) groups excluding carboxylic acids is 1. The van der Waals surface area contributed by atoms with Crippen LogP contribution >= 0.6 is 11.3 Å². The van der Waals surface area contributed by atoms with Gasteiger partial charge in [-0.1, -0.05) is 12.1 Å². The summed E-state index contributed by atoms with van der Waals surface area (Å²) >= 11 is 1.43. The van der Waals surface area contributed by atoms with Crippen molar-refractivity contribution >= 4 is 33.4 Å². The molecule has 1 aromatic carbocycles. The van der Waals surface area contributed by atoms with Crippen molar-refractivity contribution in [1.29, 1.82) is 0 Å². The Morgan fingerprint density at radius 3 is 3.00 bits per heavy atom. The molecule has 0 saturated carbocycles. The van der Waals surface area contributed by atoms with Crippen LogP contribution in [0, 0.1) is 18.7 Å². The van der Waals surface area contributed by atoms with Crippen molar-refractivity contribution in [3.63, 3.8) is 0 Å². The number of hydrogen-bond donors (Lipinski definition) is 1. The first kappa shape index (κ1) is 19.8. The first-order chi connectivity index (χ1) is 14.0. The summed E-state index contributed by atoms with van der Waals surface area (Å²) in [5.74, 6) is 0.459. The molecular formula is C21H23FN4O2S. The van der Waals surface area contributed by atoms with Crippen molar-refractivity contribution in [1.82, 2.24) is 15.0 Å². The van der Waals surface area contributed by atoms with Crippen LogP contribution in [0.15, 0.2) is 24.3 Å². The van der Waals surface area contributed by atoms with Crippen LogP contribution in [0.25, 0.3) is 10.3 Å². The fourth-order valence-corrected chi connectivity index (χ4v) is 4.37. The van der Waals surface area contributed by atoms with E-state index in [1.165, 1.54) is 23.5 Å². The highest BCUT2D eigenvalue weighted by Crippen LogP contribution is 2.28. The Balaban J connectivity index is 1.58. The molecule has 0 unspecified atom stereocenters. The molecule has 0 radical (unpaired) electrons. The summed E-state index contributed by atoms with van der Waals surface area (Å²) in [4.78, 5) is 26.4. The van der Waals surface area contributed by atoms with E-state index >= 15 is 0 Å². The number of carbonyl (C=O) groups is 1. The number of anilines is 1. The van der Waals surface area contributed by atoms with E-state index in [1.807, 2.05) is 19.9 Å². The van der Waals surface area contributed by atoms with E-state index in [1.54, 1.807) is 6.07 Å². The standard InChI is InChI=1S/C21H23FN4O2S/c1-12(15-4-3-5-16(22)10-15)23-21-25-18(19-20(26-21)24-13(2)29-19)17(27)7-6-14-8-9-28-11-14/h3-5,10,12,14H,6-9,11H2,1-2H3,(H,23,25,26)/t12-,14+/m0/s1. The number of ether oxygens (including phenoxy) is 1. The van der Waals surface area contributed by atoms with Crippen LogP contribution in [0.2, 0.25) is 0 Å². The lowest BCUT2D eigenvalue weighted by Gasteiger charge is -2.15. The molecule has 8 heteroatoms. The Morgan fingerprint density at radius 2 is 2.24 bits per heavy atom. The summed E-state index contributed by atoms with van der Waals surface area (Å²) in [6.45, 7) is 5.29. The van der Waals surface area contributed by atoms with E-state index < -0.39 is 0 Å². The predicted octanol–water partition coefficient (Wildman–Crippen LogP) is 4.71. The normalized spacial score (nSPS) is 17.6. The van der Waals surface area contributed by atoms with E-state index in [4.69, 9.17) is 4.74 Å². The monoisotopic (exact) mass is 414 g/mol. The number of aromatic nitrogens is 3. The van der Waals surface area contributed by atoms with Gasteiger partial charge in [-0.25, -0.2) is 14.4 Å². The molecule has 4 rings (SSSR count). The van der Waals surface area contributed by atoms with Gasteiger partial charge in [0.2, 0.25) is 5.95 Å². The molecule has 1 N–H and O–H groups in total. The maximum Gasteiger partial charge on any atom is 0.225 e. The zero-order chi connectivity index (χ0) is 20.4. The lowest BCUT2D eigenvalue weighted by molar-refractivity contribution is 0.0968. The van der Waals surface area contributed by atoms with Gasteiger partial charge < -0.3 is 10.1 Å². The van der Waals surface area contributed by atoms with Crippen molar-refractivity contribution in [2.24, 2.45) is 5.92 Å². The Morgan fingerprint density at radius 1 is 1.38 bits per heavy atom. The molecular weight excluding hydrogens is 391 g/mol. The van der Waals surface area contributed by atoms with Gasteiger partial charge >= 0.3 is 0 Å². The number of thiazole rings is 1. The number of benzene rings is 1. The van der Waals surface area contributed by atoms with E-state index in [2.05, 4.69) is 20.3 Å². The van der Waals surface area contributed by atoms with Crippen molar-refractivity contribution < 1.29 is 13.9 Å². The summed E-state index contributed by atoms with van der Waals surface area (Å²) in [6, 6.07) is 6.16. The fraction of sp³-hybridized carbons (Fsp3) is 0.429. The Kier molecular flexibility index (Phi) is 5.82. The molecule has 0 aliphatic carbocycles. The van der Waals surface area contributed by atoms with Gasteiger partial charge in [-0.05, 0) is 50.3 Å². The van der Waals surface area contributed by atoms with Crippen LogP contribution in [-0.2, 0) is 4.74 Å². The second-order valence-corrected chi connectivity index (χ2v) is 8.60. The van der Waals surface area contributed by atoms with Crippen molar-refractivity contribution in [3.8, 4) is 0 Å². The number of fused-ring (bicyclic) bond motifs is 1. The minimum Gasteiger partial charge on any atom is -0.381 e. The number of rotatable bonds is 7. The Labute approximate surface area is 172 Å². The highest BCUT2D eigenvalue weighted by atomic mass is 32.1. The van der Waals surface area contributed by atoms with Gasteiger partial charge in [0, 0.05) is 19.6 Å². The maximum atomic E-state index is 13.5. The van der Waals surface area contributed by atoms with Gasteiger partial charge in [0.25, 0.3) is 0 Å². The third-order valence-corrected chi connectivity index (χ3v) is 6.09. The van der Waals surface area contributed by atoms with Crippen LogP contribution < -0.4 is 5.32 Å². The number of nitrogens with zero attached hydrogens (tertiary/aromatic N) is 3. The minimum atomic E-state index is -0.297. The van der Waals surface area contributed by atoms with E-state index in [-0.39, 0.29) is 17.6 Å². The highest BCUT2D eigenvalue weighted by Gasteiger charge is 2.22. The van der Waals surface area contributed by atoms with Crippen LogP contribution in [0.3, 0.4) is 0 Å². The number of halogens is 1. The smallest absolute Gasteiger partial charge is 0.225 e. The third kappa shape index (κ3) is 4.59. The van der Waals surface area contributed by atoms with Crippen LogP contribution in [0.4, 0.5) is 10.3 Å². The summed E-state index contributed by atoms with van der Waals surface area (Å²) in [6.07, 6.45) is 2.23. The Bertz CT molecular complexity index is 1030. The molecule has 29 heavy (non-hydrogen) atoms. The molecule has 2 atom stereocenters.